The van der Waals surface area contributed by atoms with Gasteiger partial charge in [-0.3, -0.25) is 0 Å². The maximum Gasteiger partial charge on any atom is 0.513 e. The van der Waals surface area contributed by atoms with Crippen LogP contribution in [0.1, 0.15) is 51.9 Å². The van der Waals surface area contributed by atoms with Gasteiger partial charge in [-0.25, -0.2) is 4.79 Å². The Bertz CT molecular complexity index is 647. The lowest BCUT2D eigenvalue weighted by molar-refractivity contribution is 0.0973. The summed E-state index contributed by atoms with van der Waals surface area (Å²) in [6.45, 7) is 2.61. The van der Waals surface area contributed by atoms with E-state index in [0.29, 0.717) is 12.4 Å². The third-order valence-corrected chi connectivity index (χ3v) is 4.22. The summed E-state index contributed by atoms with van der Waals surface area (Å²) in [5, 5.41) is 9.33. The fourth-order valence-corrected chi connectivity index (χ4v) is 2.71. The zero-order valence-corrected chi connectivity index (χ0v) is 15.4. The number of phenolic OH excluding ortho intramolecular Hbond substituents is 1. The minimum Gasteiger partial charge on any atom is -0.508 e. The summed E-state index contributed by atoms with van der Waals surface area (Å²) in [4.78, 5) is 11.7. The highest BCUT2D eigenvalue weighted by molar-refractivity contribution is 5.67. The number of phenols is 1. The molecule has 140 valence electrons. The predicted molar refractivity (Wildman–Crippen MR) is 104 cm³/mol. The summed E-state index contributed by atoms with van der Waals surface area (Å²) in [5.74, 6) is 0.689. The van der Waals surface area contributed by atoms with Gasteiger partial charge in [0.25, 0.3) is 0 Å². The number of carbonyl (C=O) groups excluding carboxylic acids is 1. The van der Waals surface area contributed by atoms with Gasteiger partial charge in [-0.05, 0) is 41.8 Å². The molecule has 0 aromatic heterocycles. The van der Waals surface area contributed by atoms with Gasteiger partial charge in [0.15, 0.2) is 0 Å². The number of aromatic hydroxyl groups is 1. The molecule has 2 aromatic carbocycles. The molecule has 4 heteroatoms. The van der Waals surface area contributed by atoms with E-state index in [1.807, 2.05) is 24.3 Å². The number of hydrogen-bond acceptors (Lipinski definition) is 4. The average Bonchev–Trinajstić information content (AvgIpc) is 2.65. The molecule has 0 bridgehead atoms. The Hall–Kier alpha value is -2.49. The van der Waals surface area contributed by atoms with Crippen LogP contribution in [0.3, 0.4) is 0 Å². The molecule has 2 rings (SSSR count). The molecule has 26 heavy (non-hydrogen) atoms. The van der Waals surface area contributed by atoms with Crippen LogP contribution in [0.4, 0.5) is 4.79 Å². The zero-order valence-electron chi connectivity index (χ0n) is 15.4. The Labute approximate surface area is 155 Å². The first kappa shape index (κ1) is 19.8. The van der Waals surface area contributed by atoms with E-state index in [2.05, 4.69) is 6.92 Å². The second kappa shape index (κ2) is 11.2. The van der Waals surface area contributed by atoms with Crippen molar-refractivity contribution < 1.29 is 19.4 Å². The number of benzene rings is 2. The molecule has 4 nitrogen and oxygen atoms in total. The lowest BCUT2D eigenvalue weighted by Crippen LogP contribution is -2.11. The van der Waals surface area contributed by atoms with E-state index in [4.69, 9.17) is 9.47 Å². The molecular weight excluding hydrogens is 328 g/mol. The summed E-state index contributed by atoms with van der Waals surface area (Å²) in [6.07, 6.45) is 7.59. The first-order chi connectivity index (χ1) is 12.7. The van der Waals surface area contributed by atoms with Crippen molar-refractivity contribution in [3.8, 4) is 22.6 Å². The van der Waals surface area contributed by atoms with Gasteiger partial charge < -0.3 is 14.6 Å². The monoisotopic (exact) mass is 356 g/mol. The summed E-state index contributed by atoms with van der Waals surface area (Å²) >= 11 is 0. The van der Waals surface area contributed by atoms with Gasteiger partial charge in [0.05, 0.1) is 6.61 Å². The van der Waals surface area contributed by atoms with Gasteiger partial charge in [0, 0.05) is 0 Å². The van der Waals surface area contributed by atoms with Crippen molar-refractivity contribution in [2.45, 2.75) is 51.9 Å². The summed E-state index contributed by atoms with van der Waals surface area (Å²) in [7, 11) is 0. The largest absolute Gasteiger partial charge is 0.513 e. The molecule has 0 amide bonds. The van der Waals surface area contributed by atoms with Gasteiger partial charge in [0.2, 0.25) is 0 Å². The van der Waals surface area contributed by atoms with Crippen LogP contribution in [0, 0.1) is 0 Å². The van der Waals surface area contributed by atoms with Gasteiger partial charge in [-0.1, -0.05) is 69.7 Å². The van der Waals surface area contributed by atoms with E-state index in [9.17, 15) is 9.90 Å². The molecule has 0 radical (unpaired) electrons. The second-order valence-electron chi connectivity index (χ2n) is 6.39. The van der Waals surface area contributed by atoms with Crippen molar-refractivity contribution in [2.75, 3.05) is 6.61 Å². The van der Waals surface area contributed by atoms with Crippen molar-refractivity contribution >= 4 is 6.16 Å². The lowest BCUT2D eigenvalue weighted by Gasteiger charge is -2.07. The summed E-state index contributed by atoms with van der Waals surface area (Å²) < 4.78 is 10.3. The van der Waals surface area contributed by atoms with E-state index in [-0.39, 0.29) is 5.75 Å². The molecule has 0 unspecified atom stereocenters. The van der Waals surface area contributed by atoms with E-state index < -0.39 is 6.16 Å². The average molecular weight is 356 g/mol. The molecular formula is C22H28O4. The molecule has 0 spiro atoms. The first-order valence-corrected chi connectivity index (χ1v) is 9.43. The number of ether oxygens (including phenoxy) is 2. The minimum absolute atomic E-state index is 0.234. The third-order valence-electron chi connectivity index (χ3n) is 4.22. The van der Waals surface area contributed by atoms with Gasteiger partial charge in [-0.15, -0.1) is 0 Å². The molecule has 0 aliphatic heterocycles. The smallest absolute Gasteiger partial charge is 0.508 e. The molecule has 0 aliphatic carbocycles. The standard InChI is InChI=1S/C22H28O4/c1-2-3-4-5-6-7-8-17-25-22(24)26-21-15-11-19(12-16-21)18-9-13-20(23)14-10-18/h9-16,23H,2-8,17H2,1H3. The second-order valence-corrected chi connectivity index (χ2v) is 6.39. The third kappa shape index (κ3) is 7.18. The van der Waals surface area contributed by atoms with Crippen LogP contribution >= 0.6 is 0 Å². The number of rotatable bonds is 10. The Balaban J connectivity index is 1.66. The fraction of sp³-hybridized carbons (Fsp3) is 0.409. The number of unbranched alkanes of at least 4 members (excludes halogenated alkanes) is 6. The summed E-state index contributed by atoms with van der Waals surface area (Å²) in [5.41, 5.74) is 1.96. The van der Waals surface area contributed by atoms with Crippen LogP contribution in [0.2, 0.25) is 0 Å². The van der Waals surface area contributed by atoms with Crippen LogP contribution in [-0.2, 0) is 4.74 Å². The van der Waals surface area contributed by atoms with Crippen molar-refractivity contribution in [3.63, 3.8) is 0 Å². The van der Waals surface area contributed by atoms with Crippen molar-refractivity contribution in [1.29, 1.82) is 0 Å². The van der Waals surface area contributed by atoms with Crippen LogP contribution in [0.15, 0.2) is 48.5 Å². The van der Waals surface area contributed by atoms with Gasteiger partial charge >= 0.3 is 6.16 Å². The highest BCUT2D eigenvalue weighted by atomic mass is 16.7. The normalized spacial score (nSPS) is 10.5. The highest BCUT2D eigenvalue weighted by Crippen LogP contribution is 2.24. The number of carbonyl (C=O) groups is 1. The molecule has 0 heterocycles. The Kier molecular flexibility index (Phi) is 8.53. The summed E-state index contributed by atoms with van der Waals surface area (Å²) in [6, 6.07) is 14.1. The Morgan fingerprint density at radius 3 is 1.96 bits per heavy atom. The van der Waals surface area contributed by atoms with E-state index in [1.165, 1.54) is 32.1 Å². The van der Waals surface area contributed by atoms with Gasteiger partial charge in [0.1, 0.15) is 11.5 Å². The molecule has 0 atom stereocenters. The number of hydrogen-bond donors (Lipinski definition) is 1. The van der Waals surface area contributed by atoms with E-state index in [0.717, 1.165) is 24.0 Å². The van der Waals surface area contributed by atoms with Gasteiger partial charge in [-0.2, -0.15) is 0 Å². The van der Waals surface area contributed by atoms with Crippen molar-refractivity contribution in [2.24, 2.45) is 0 Å². The Morgan fingerprint density at radius 1 is 0.808 bits per heavy atom. The fourth-order valence-electron chi connectivity index (χ4n) is 2.71. The maximum absolute atomic E-state index is 11.7. The SMILES string of the molecule is CCCCCCCCCOC(=O)Oc1ccc(-c2ccc(O)cc2)cc1. The quantitative estimate of drug-likeness (QED) is 0.307. The topological polar surface area (TPSA) is 55.8 Å². The van der Waals surface area contributed by atoms with Crippen LogP contribution in [-0.4, -0.2) is 17.9 Å². The van der Waals surface area contributed by atoms with Crippen LogP contribution in [0.25, 0.3) is 11.1 Å². The maximum atomic E-state index is 11.7. The highest BCUT2D eigenvalue weighted by Gasteiger charge is 2.06. The molecule has 2 aromatic rings. The Morgan fingerprint density at radius 2 is 1.35 bits per heavy atom. The molecule has 0 saturated carbocycles. The van der Waals surface area contributed by atoms with Crippen LogP contribution in [0.5, 0.6) is 11.5 Å². The van der Waals surface area contributed by atoms with Crippen LogP contribution < -0.4 is 4.74 Å². The minimum atomic E-state index is -0.659. The molecule has 1 N–H and O–H groups in total. The first-order valence-electron chi connectivity index (χ1n) is 9.43. The molecule has 0 fully saturated rings. The van der Waals surface area contributed by atoms with Crippen molar-refractivity contribution in [1.82, 2.24) is 0 Å². The molecule has 0 aliphatic rings. The van der Waals surface area contributed by atoms with E-state index in [1.54, 1.807) is 24.3 Å². The lowest BCUT2D eigenvalue weighted by atomic mass is 10.1. The molecule has 0 saturated heterocycles. The predicted octanol–water partition coefficient (Wildman–Crippen LogP) is 6.33. The van der Waals surface area contributed by atoms with E-state index >= 15 is 0 Å². The zero-order chi connectivity index (χ0) is 18.6. The van der Waals surface area contributed by atoms with Crippen molar-refractivity contribution in [3.05, 3.63) is 48.5 Å².